The number of rotatable bonds is 0. The highest BCUT2D eigenvalue weighted by Gasteiger charge is 2.34. The van der Waals surface area contributed by atoms with E-state index in [0.717, 1.165) is 18.3 Å². The van der Waals surface area contributed by atoms with Crippen molar-refractivity contribution in [3.8, 4) is 11.8 Å². The predicted molar refractivity (Wildman–Crippen MR) is 47.1 cm³/mol. The van der Waals surface area contributed by atoms with E-state index in [2.05, 4.69) is 11.8 Å². The Morgan fingerprint density at radius 3 is 2.91 bits per heavy atom. The molecule has 60 valence electrons. The largest absolute Gasteiger partial charge is 0.103 e. The first-order valence-corrected chi connectivity index (χ1v) is 4.95. The van der Waals surface area contributed by atoms with E-state index >= 15 is 0 Å². The molecule has 2 aliphatic carbocycles. The van der Waals surface area contributed by atoms with Crippen molar-refractivity contribution in [3.05, 3.63) is 0 Å². The Kier molecular flexibility index (Phi) is 2.17. The van der Waals surface area contributed by atoms with Crippen LogP contribution in [0.2, 0.25) is 0 Å². The van der Waals surface area contributed by atoms with Gasteiger partial charge in [-0.2, -0.15) is 0 Å². The molecule has 0 spiro atoms. The maximum atomic E-state index is 3.38. The minimum atomic E-state index is 0.813. The van der Waals surface area contributed by atoms with Gasteiger partial charge in [-0.1, -0.05) is 25.2 Å². The first-order valence-electron chi connectivity index (χ1n) is 4.95. The zero-order chi connectivity index (χ0) is 7.52. The van der Waals surface area contributed by atoms with Crippen LogP contribution in [0.25, 0.3) is 0 Å². The zero-order valence-electron chi connectivity index (χ0n) is 7.10. The van der Waals surface area contributed by atoms with Crippen molar-refractivity contribution in [1.29, 1.82) is 0 Å². The molecule has 1 saturated carbocycles. The monoisotopic (exact) mass is 148 g/mol. The molecule has 0 radical (unpaired) electrons. The van der Waals surface area contributed by atoms with Crippen molar-refractivity contribution in [3.63, 3.8) is 0 Å². The zero-order valence-corrected chi connectivity index (χ0v) is 7.10. The van der Waals surface area contributed by atoms with Crippen LogP contribution >= 0.6 is 0 Å². The third-order valence-electron chi connectivity index (χ3n) is 2.84. The fourth-order valence-corrected chi connectivity index (χ4v) is 1.92. The van der Waals surface area contributed by atoms with Crippen molar-refractivity contribution >= 4 is 0 Å². The van der Waals surface area contributed by atoms with Crippen LogP contribution in [0.15, 0.2) is 0 Å². The molecule has 0 amide bonds. The summed E-state index contributed by atoms with van der Waals surface area (Å²) in [5, 5.41) is 0. The van der Waals surface area contributed by atoms with Crippen LogP contribution < -0.4 is 0 Å². The van der Waals surface area contributed by atoms with Crippen molar-refractivity contribution in [1.82, 2.24) is 0 Å². The lowest BCUT2D eigenvalue weighted by Gasteiger charge is -1.99. The van der Waals surface area contributed by atoms with E-state index in [1.807, 2.05) is 0 Å². The van der Waals surface area contributed by atoms with Crippen molar-refractivity contribution in [2.45, 2.75) is 44.9 Å². The number of hydrogen-bond donors (Lipinski definition) is 0. The molecule has 0 aliphatic heterocycles. The normalized spacial score (nSPS) is 36.4. The van der Waals surface area contributed by atoms with Gasteiger partial charge in [-0.15, -0.1) is 5.92 Å². The fraction of sp³-hybridized carbons (Fsp3) is 0.818. The molecule has 0 aromatic heterocycles. The molecule has 0 N–H and O–H groups in total. The molecular formula is C11H16. The van der Waals surface area contributed by atoms with Crippen molar-refractivity contribution in [2.75, 3.05) is 0 Å². The summed E-state index contributed by atoms with van der Waals surface area (Å²) in [4.78, 5) is 0. The molecule has 1 fully saturated rings. The molecule has 2 aliphatic rings. The van der Waals surface area contributed by atoms with E-state index in [0.29, 0.717) is 0 Å². The third kappa shape index (κ3) is 1.99. The number of hydrogen-bond acceptors (Lipinski definition) is 0. The second kappa shape index (κ2) is 3.30. The highest BCUT2D eigenvalue weighted by molar-refractivity contribution is 5.12. The van der Waals surface area contributed by atoms with E-state index in [1.165, 1.54) is 38.5 Å². The van der Waals surface area contributed by atoms with Gasteiger partial charge in [-0.3, -0.25) is 0 Å². The summed E-state index contributed by atoms with van der Waals surface area (Å²) in [5.41, 5.74) is 0. The first kappa shape index (κ1) is 7.22. The second-order valence-electron chi connectivity index (χ2n) is 3.88. The van der Waals surface area contributed by atoms with Gasteiger partial charge in [-0.25, -0.2) is 0 Å². The third-order valence-corrected chi connectivity index (χ3v) is 2.84. The van der Waals surface area contributed by atoms with Crippen molar-refractivity contribution < 1.29 is 0 Å². The summed E-state index contributed by atoms with van der Waals surface area (Å²) in [6.07, 6.45) is 9.68. The highest BCUT2D eigenvalue weighted by atomic mass is 14.4. The van der Waals surface area contributed by atoms with Gasteiger partial charge in [-0.05, 0) is 25.2 Å². The molecule has 2 unspecified atom stereocenters. The van der Waals surface area contributed by atoms with Crippen LogP contribution in [0.1, 0.15) is 44.9 Å². The van der Waals surface area contributed by atoms with Gasteiger partial charge < -0.3 is 0 Å². The molecule has 0 aromatic rings. The average Bonchev–Trinajstić information content (AvgIpc) is 2.76. The van der Waals surface area contributed by atoms with Gasteiger partial charge in [0, 0.05) is 12.3 Å². The summed E-state index contributed by atoms with van der Waals surface area (Å²) in [5.74, 6) is 8.49. The average molecular weight is 148 g/mol. The van der Waals surface area contributed by atoms with Crippen molar-refractivity contribution in [2.24, 2.45) is 11.8 Å². The molecule has 0 nitrogen and oxygen atoms in total. The van der Waals surface area contributed by atoms with Gasteiger partial charge >= 0.3 is 0 Å². The van der Waals surface area contributed by atoms with E-state index in [4.69, 9.17) is 0 Å². The van der Waals surface area contributed by atoms with Crippen LogP contribution in [-0.4, -0.2) is 0 Å². The lowest BCUT2D eigenvalue weighted by molar-refractivity contribution is 0.577. The van der Waals surface area contributed by atoms with Crippen LogP contribution in [0.4, 0.5) is 0 Å². The molecule has 0 heteroatoms. The minimum absolute atomic E-state index is 0.813. The quantitative estimate of drug-likeness (QED) is 0.463. The number of fused-ring (bicyclic) bond motifs is 1. The van der Waals surface area contributed by atoms with E-state index in [1.54, 1.807) is 0 Å². The Bertz CT molecular complexity index is 182. The van der Waals surface area contributed by atoms with Crippen LogP contribution in [0.3, 0.4) is 0 Å². The summed E-state index contributed by atoms with van der Waals surface area (Å²) < 4.78 is 0. The molecule has 0 heterocycles. The maximum Gasteiger partial charge on any atom is 0.0234 e. The molecular weight excluding hydrogens is 132 g/mol. The first-order chi connectivity index (χ1) is 5.47. The molecule has 0 aromatic carbocycles. The summed E-state index contributed by atoms with van der Waals surface area (Å²) in [6, 6.07) is 0. The minimum Gasteiger partial charge on any atom is -0.103 e. The standard InChI is InChI=1S/C11H16/c1-2-4-6-8-11-9-10(11)7-5-3-1/h10-11H,1-5,7,9H2. The Labute approximate surface area is 69.4 Å². The lowest BCUT2D eigenvalue weighted by atomic mass is 10.1. The predicted octanol–water partition coefficient (Wildman–Crippen LogP) is 2.98. The summed E-state index contributed by atoms with van der Waals surface area (Å²) in [6.45, 7) is 0. The highest BCUT2D eigenvalue weighted by Crippen LogP contribution is 2.42. The molecule has 2 rings (SSSR count). The molecule has 0 bridgehead atoms. The van der Waals surface area contributed by atoms with E-state index in [9.17, 15) is 0 Å². The summed E-state index contributed by atoms with van der Waals surface area (Å²) in [7, 11) is 0. The molecule has 11 heavy (non-hydrogen) atoms. The molecule has 0 saturated heterocycles. The molecule has 2 atom stereocenters. The van der Waals surface area contributed by atoms with Crippen LogP contribution in [-0.2, 0) is 0 Å². The Hall–Kier alpha value is -0.440. The Balaban J connectivity index is 1.87. The van der Waals surface area contributed by atoms with Gasteiger partial charge in [0.25, 0.3) is 0 Å². The Morgan fingerprint density at radius 2 is 1.91 bits per heavy atom. The smallest absolute Gasteiger partial charge is 0.0234 e. The fourth-order valence-electron chi connectivity index (χ4n) is 1.92. The van der Waals surface area contributed by atoms with Crippen LogP contribution in [0, 0.1) is 23.7 Å². The summed E-state index contributed by atoms with van der Waals surface area (Å²) >= 11 is 0. The van der Waals surface area contributed by atoms with Gasteiger partial charge in [0.1, 0.15) is 0 Å². The van der Waals surface area contributed by atoms with Gasteiger partial charge in [0.2, 0.25) is 0 Å². The SMILES string of the molecule is C1#CC2CC2CCCCCC1. The lowest BCUT2D eigenvalue weighted by Crippen LogP contribution is -1.85. The van der Waals surface area contributed by atoms with E-state index in [-0.39, 0.29) is 0 Å². The van der Waals surface area contributed by atoms with Gasteiger partial charge in [0.05, 0.1) is 0 Å². The van der Waals surface area contributed by atoms with E-state index < -0.39 is 0 Å². The van der Waals surface area contributed by atoms with Crippen LogP contribution in [0.5, 0.6) is 0 Å². The Morgan fingerprint density at radius 1 is 1.00 bits per heavy atom. The van der Waals surface area contributed by atoms with Gasteiger partial charge in [0.15, 0.2) is 0 Å². The maximum absolute atomic E-state index is 3.38. The second-order valence-corrected chi connectivity index (χ2v) is 3.88. The topological polar surface area (TPSA) is 0 Å².